The molecule has 0 spiro atoms. The summed E-state index contributed by atoms with van der Waals surface area (Å²) in [6.07, 6.45) is 1.88. The summed E-state index contributed by atoms with van der Waals surface area (Å²) in [5.41, 5.74) is 0.159. The van der Waals surface area contributed by atoms with E-state index in [9.17, 15) is 23.7 Å². The van der Waals surface area contributed by atoms with Crippen molar-refractivity contribution in [3.8, 4) is 5.75 Å². The zero-order valence-corrected chi connectivity index (χ0v) is 23.8. The molecule has 1 unspecified atom stereocenters. The number of aromatic nitrogens is 2. The molecule has 0 bridgehead atoms. The Labute approximate surface area is 229 Å². The maximum Gasteiger partial charge on any atom is 0.530 e. The summed E-state index contributed by atoms with van der Waals surface area (Å²) < 4.78 is 47.8. The van der Waals surface area contributed by atoms with Gasteiger partial charge < -0.3 is 18.7 Å². The molecule has 14 heteroatoms. The van der Waals surface area contributed by atoms with Gasteiger partial charge in [0.2, 0.25) is 0 Å². The summed E-state index contributed by atoms with van der Waals surface area (Å²) >= 11 is 0. The van der Waals surface area contributed by atoms with Crippen molar-refractivity contribution < 1.29 is 41.9 Å². The summed E-state index contributed by atoms with van der Waals surface area (Å²) in [5.74, 6) is -0.999. The van der Waals surface area contributed by atoms with Crippen molar-refractivity contribution in [2.24, 2.45) is 0 Å². The Morgan fingerprint density at radius 2 is 1.82 bits per heavy atom. The topological polar surface area (TPSA) is 161 Å². The fourth-order valence-corrected chi connectivity index (χ4v) is 5.36. The second kappa shape index (κ2) is 11.2. The van der Waals surface area contributed by atoms with Gasteiger partial charge in [-0.05, 0) is 30.5 Å². The molecule has 0 radical (unpaired) electrons. The summed E-state index contributed by atoms with van der Waals surface area (Å²) in [5, 5.41) is 0. The number of esters is 2. The summed E-state index contributed by atoms with van der Waals surface area (Å²) in [4.78, 5) is 49.3. The first kappa shape index (κ1) is 29.5. The van der Waals surface area contributed by atoms with Crippen LogP contribution in [0.15, 0.2) is 40.1 Å². The molecule has 3 atom stereocenters. The molecule has 1 N–H and O–H groups in total. The molecule has 0 amide bonds. The molecule has 0 aliphatic carbocycles. The fourth-order valence-electron chi connectivity index (χ4n) is 4.12. The molecule has 0 saturated heterocycles. The van der Waals surface area contributed by atoms with E-state index < -0.39 is 55.0 Å². The molecule has 2 aliphatic rings. The number of fused-ring (bicyclic) bond motifs is 1. The van der Waals surface area contributed by atoms with Crippen molar-refractivity contribution >= 4 is 19.8 Å². The van der Waals surface area contributed by atoms with E-state index in [1.165, 1.54) is 24.6 Å². The van der Waals surface area contributed by atoms with Crippen molar-refractivity contribution in [3.63, 3.8) is 0 Å². The Morgan fingerprint density at radius 1 is 1.15 bits per heavy atom. The number of phosphoric acid groups is 1. The molecule has 40 heavy (non-hydrogen) atoms. The molecule has 0 fully saturated rings. The number of carbonyl (C=O) groups is 2. The number of nitrogens with one attached hydrogen (secondary N) is 1. The average molecular weight is 579 g/mol. The van der Waals surface area contributed by atoms with Crippen LogP contribution in [0.2, 0.25) is 0 Å². The van der Waals surface area contributed by atoms with Gasteiger partial charge >= 0.3 is 25.5 Å². The molecule has 1 aromatic heterocycles. The lowest BCUT2D eigenvalue weighted by Gasteiger charge is -2.32. The number of hydrogen-bond acceptors (Lipinski definition) is 11. The number of ether oxygens (including phenoxy) is 3. The molecule has 216 valence electrons. The minimum Gasteiger partial charge on any atom is -0.421 e. The number of phosphoric ester groups is 1. The van der Waals surface area contributed by atoms with E-state index >= 15 is 0 Å². The Balaban J connectivity index is 1.52. The second-order valence-corrected chi connectivity index (χ2v) is 12.0. The molecule has 1 aromatic carbocycles. The maximum absolute atomic E-state index is 13.4. The van der Waals surface area contributed by atoms with Crippen molar-refractivity contribution in [1.82, 2.24) is 9.55 Å². The van der Waals surface area contributed by atoms with Crippen LogP contribution in [0.5, 0.6) is 5.75 Å². The second-order valence-electron chi connectivity index (χ2n) is 10.4. The molecular weight excluding hydrogens is 547 g/mol. The van der Waals surface area contributed by atoms with Gasteiger partial charge in [0.15, 0.2) is 6.23 Å². The number of aromatic amines is 1. The Kier molecular flexibility index (Phi) is 8.23. The number of aryl methyl sites for hydroxylation is 1. The highest BCUT2D eigenvalue weighted by Gasteiger charge is 2.39. The third-order valence-corrected chi connectivity index (χ3v) is 7.33. The fraction of sp³-hybridized carbons (Fsp3) is 0.462. The van der Waals surface area contributed by atoms with Gasteiger partial charge in [-0.15, -0.1) is 0 Å². The molecule has 0 saturated carbocycles. The number of carbonyl (C=O) groups excluding carboxylic acids is 2. The minimum atomic E-state index is -4.09. The molecule has 3 heterocycles. The lowest BCUT2D eigenvalue weighted by atomic mass is 9.84. The van der Waals surface area contributed by atoms with E-state index in [0.29, 0.717) is 22.3 Å². The lowest BCUT2D eigenvalue weighted by Crippen LogP contribution is -2.33. The first-order chi connectivity index (χ1) is 18.6. The Hall–Kier alpha value is -3.51. The van der Waals surface area contributed by atoms with E-state index in [2.05, 4.69) is 4.98 Å². The number of rotatable bonds is 7. The first-order valence-corrected chi connectivity index (χ1v) is 13.9. The molecule has 4 rings (SSSR count). The molecule has 13 nitrogen and oxygen atoms in total. The van der Waals surface area contributed by atoms with Gasteiger partial charge in [0.25, 0.3) is 11.8 Å². The average Bonchev–Trinajstić information content (AvgIpc) is 3.32. The van der Waals surface area contributed by atoms with Crippen LogP contribution in [0.25, 0.3) is 0 Å². The molecule has 2 aromatic rings. The zero-order valence-electron chi connectivity index (χ0n) is 22.9. The lowest BCUT2D eigenvalue weighted by molar-refractivity contribution is -0.186. The van der Waals surface area contributed by atoms with E-state index in [-0.39, 0.29) is 19.0 Å². The van der Waals surface area contributed by atoms with Crippen LogP contribution in [-0.4, -0.2) is 34.2 Å². The van der Waals surface area contributed by atoms with Crippen molar-refractivity contribution in [1.29, 1.82) is 0 Å². The summed E-state index contributed by atoms with van der Waals surface area (Å²) in [6, 6.07) is 3.24. The zero-order chi connectivity index (χ0) is 29.4. The van der Waals surface area contributed by atoms with Crippen LogP contribution in [0, 0.1) is 6.92 Å². The van der Waals surface area contributed by atoms with Gasteiger partial charge in [0, 0.05) is 42.3 Å². The first-order valence-electron chi connectivity index (χ1n) is 12.4. The van der Waals surface area contributed by atoms with Crippen molar-refractivity contribution in [3.05, 3.63) is 73.6 Å². The summed E-state index contributed by atoms with van der Waals surface area (Å²) in [7, 11) is -4.09. The highest BCUT2D eigenvalue weighted by Crippen LogP contribution is 2.57. The maximum atomic E-state index is 13.4. The van der Waals surface area contributed by atoms with E-state index in [0.717, 1.165) is 0 Å². The van der Waals surface area contributed by atoms with Gasteiger partial charge in [0.05, 0.1) is 13.2 Å². The number of hydrogen-bond donors (Lipinski definition) is 1. The van der Waals surface area contributed by atoms with Crippen molar-refractivity contribution in [2.75, 3.05) is 6.61 Å². The van der Waals surface area contributed by atoms with Crippen LogP contribution in [0.4, 0.5) is 0 Å². The number of benzene rings is 1. The van der Waals surface area contributed by atoms with Gasteiger partial charge in [0.1, 0.15) is 11.9 Å². The van der Waals surface area contributed by atoms with Crippen LogP contribution >= 0.6 is 7.82 Å². The van der Waals surface area contributed by atoms with Gasteiger partial charge in [-0.1, -0.05) is 26.8 Å². The SMILES string of the molecule is CC(=O)OC(OC(C)=O)c1cc2c(c(C(C)(C)C)c1)OP(=O)(OC[C@@H]1C=C[C@H](n3cc(C)c(=O)[nH]c3=O)O1)OC2. The normalized spacial score (nSPS) is 22.1. The van der Waals surface area contributed by atoms with Gasteiger partial charge in [-0.3, -0.25) is 33.0 Å². The minimum absolute atomic E-state index is 0.160. The summed E-state index contributed by atoms with van der Waals surface area (Å²) in [6.45, 7) is 9.31. The van der Waals surface area contributed by atoms with E-state index in [1.54, 1.807) is 31.2 Å². The van der Waals surface area contributed by atoms with Gasteiger partial charge in [-0.25, -0.2) is 9.36 Å². The monoisotopic (exact) mass is 578 g/mol. The van der Waals surface area contributed by atoms with Crippen LogP contribution in [0.3, 0.4) is 0 Å². The highest BCUT2D eigenvalue weighted by molar-refractivity contribution is 7.49. The van der Waals surface area contributed by atoms with Crippen LogP contribution in [0.1, 0.15) is 69.4 Å². The quantitative estimate of drug-likeness (QED) is 0.222. The molecule has 2 aliphatic heterocycles. The highest BCUT2D eigenvalue weighted by atomic mass is 31.2. The van der Waals surface area contributed by atoms with E-state index in [1.807, 2.05) is 20.8 Å². The Morgan fingerprint density at radius 3 is 2.45 bits per heavy atom. The predicted octanol–water partition coefficient (Wildman–Crippen LogP) is 3.45. The molecular formula is C26H31N2O11P. The van der Waals surface area contributed by atoms with Crippen LogP contribution < -0.4 is 15.8 Å². The standard InChI is InChI=1S/C26H31N2O11P/c1-14-11-28(25(32)27-23(14)31)21-8-7-19(38-21)13-35-40(33)34-12-18-9-17(24(36-15(2)29)37-16(3)30)10-20(22(18)39-40)26(4,5)6/h7-11,19,21,24H,12-13H2,1-6H3,(H,27,31,32)/t19-,21+,40?/m0/s1. The largest absolute Gasteiger partial charge is 0.530 e. The van der Waals surface area contributed by atoms with Crippen molar-refractivity contribution in [2.45, 2.75) is 72.2 Å². The van der Waals surface area contributed by atoms with E-state index in [4.69, 9.17) is 27.8 Å². The third kappa shape index (κ3) is 6.61. The third-order valence-electron chi connectivity index (χ3n) is 6.02. The Bertz CT molecular complexity index is 1500. The van der Waals surface area contributed by atoms with Gasteiger partial charge in [-0.2, -0.15) is 0 Å². The van der Waals surface area contributed by atoms with Crippen LogP contribution in [-0.2, 0) is 49.4 Å². The smallest absolute Gasteiger partial charge is 0.421 e. The number of H-pyrrole nitrogens is 1. The number of nitrogens with zero attached hydrogens (tertiary/aromatic N) is 1. The predicted molar refractivity (Wildman–Crippen MR) is 140 cm³/mol.